The number of likely N-dealkylation sites (N-methyl/N-ethyl adjacent to an activating group) is 1. The van der Waals surface area contributed by atoms with E-state index >= 15 is 0 Å². The topological polar surface area (TPSA) is 29.3 Å². The Kier molecular flexibility index (Phi) is 3.50. The highest BCUT2D eigenvalue weighted by Crippen LogP contribution is 2.50. The lowest BCUT2D eigenvalue weighted by atomic mass is 9.75. The minimum Gasteiger partial charge on any atom is -0.361 e. The van der Waals surface area contributed by atoms with Gasteiger partial charge in [0.1, 0.15) is 5.76 Å². The van der Waals surface area contributed by atoms with E-state index in [0.29, 0.717) is 23.9 Å². The number of fused-ring (bicyclic) bond motifs is 2. The fourth-order valence-electron chi connectivity index (χ4n) is 4.45. The van der Waals surface area contributed by atoms with Crippen LogP contribution in [0, 0.1) is 6.92 Å². The molecule has 1 aromatic heterocycles. The highest BCUT2D eigenvalue weighted by Gasteiger charge is 2.47. The van der Waals surface area contributed by atoms with Crippen LogP contribution in [0.5, 0.6) is 0 Å². The Labute approximate surface area is 136 Å². The van der Waals surface area contributed by atoms with Gasteiger partial charge in [-0.1, -0.05) is 28.9 Å². The Morgan fingerprint density at radius 3 is 2.68 bits per heavy atom. The summed E-state index contributed by atoms with van der Waals surface area (Å²) in [7, 11) is 2.26. The number of benzene rings is 1. The second-order valence-electron chi connectivity index (χ2n) is 6.75. The van der Waals surface area contributed by atoms with Crippen molar-refractivity contribution in [2.24, 2.45) is 0 Å². The summed E-state index contributed by atoms with van der Waals surface area (Å²) >= 11 is 6.06. The van der Waals surface area contributed by atoms with Gasteiger partial charge in [-0.25, -0.2) is 0 Å². The molecule has 0 saturated carbocycles. The molecule has 116 valence electrons. The molecule has 1 aromatic carbocycles. The normalized spacial score (nSPS) is 31.6. The van der Waals surface area contributed by atoms with Crippen molar-refractivity contribution < 1.29 is 4.52 Å². The first-order chi connectivity index (χ1) is 10.6. The Balaban J connectivity index is 1.76. The van der Waals surface area contributed by atoms with Crippen LogP contribution in [0.3, 0.4) is 0 Å². The SMILES string of the molecule is Cc1cc(C2C3CCC(C[C@@H]2c2ccc(Cl)cc2)N3C)on1. The van der Waals surface area contributed by atoms with Crippen molar-refractivity contribution in [1.29, 1.82) is 0 Å². The highest BCUT2D eigenvalue weighted by molar-refractivity contribution is 6.30. The van der Waals surface area contributed by atoms with Crippen LogP contribution in [0.1, 0.15) is 48.1 Å². The van der Waals surface area contributed by atoms with Gasteiger partial charge in [0.05, 0.1) is 5.69 Å². The van der Waals surface area contributed by atoms with Crippen molar-refractivity contribution >= 4 is 11.6 Å². The van der Waals surface area contributed by atoms with E-state index in [0.717, 1.165) is 16.5 Å². The van der Waals surface area contributed by atoms with Crippen LogP contribution in [0.4, 0.5) is 0 Å². The number of halogens is 1. The Morgan fingerprint density at radius 1 is 1.23 bits per heavy atom. The van der Waals surface area contributed by atoms with Crippen molar-refractivity contribution in [3.05, 3.63) is 52.4 Å². The fraction of sp³-hybridized carbons (Fsp3) is 0.500. The number of nitrogens with zero attached hydrogens (tertiary/aromatic N) is 2. The van der Waals surface area contributed by atoms with Crippen LogP contribution in [0.2, 0.25) is 5.02 Å². The van der Waals surface area contributed by atoms with E-state index in [4.69, 9.17) is 16.1 Å². The fourth-order valence-corrected chi connectivity index (χ4v) is 4.57. The molecule has 4 heteroatoms. The van der Waals surface area contributed by atoms with Crippen LogP contribution in [0.15, 0.2) is 34.9 Å². The largest absolute Gasteiger partial charge is 0.361 e. The van der Waals surface area contributed by atoms with E-state index < -0.39 is 0 Å². The lowest BCUT2D eigenvalue weighted by Gasteiger charge is -2.42. The van der Waals surface area contributed by atoms with Gasteiger partial charge in [-0.3, -0.25) is 4.90 Å². The lowest BCUT2D eigenvalue weighted by molar-refractivity contribution is 0.122. The van der Waals surface area contributed by atoms with Crippen LogP contribution in [-0.2, 0) is 0 Å². The van der Waals surface area contributed by atoms with Crippen molar-refractivity contribution in [3.8, 4) is 0 Å². The summed E-state index contributed by atoms with van der Waals surface area (Å²) in [6.07, 6.45) is 3.71. The van der Waals surface area contributed by atoms with Gasteiger partial charge in [0.15, 0.2) is 0 Å². The third kappa shape index (κ3) is 2.27. The van der Waals surface area contributed by atoms with Crippen molar-refractivity contribution in [2.75, 3.05) is 7.05 Å². The zero-order valence-electron chi connectivity index (χ0n) is 13.0. The minimum atomic E-state index is 0.381. The molecule has 0 N–H and O–H groups in total. The smallest absolute Gasteiger partial charge is 0.142 e. The number of piperidine rings is 1. The predicted octanol–water partition coefficient (Wildman–Crippen LogP) is 4.37. The molecule has 3 heterocycles. The van der Waals surface area contributed by atoms with Crippen molar-refractivity contribution in [1.82, 2.24) is 10.1 Å². The number of hydrogen-bond acceptors (Lipinski definition) is 3. The van der Waals surface area contributed by atoms with E-state index in [-0.39, 0.29) is 0 Å². The number of aromatic nitrogens is 1. The van der Waals surface area contributed by atoms with Gasteiger partial charge in [-0.05, 0) is 56.8 Å². The first-order valence-corrected chi connectivity index (χ1v) is 8.42. The third-order valence-electron chi connectivity index (χ3n) is 5.54. The Hall–Kier alpha value is -1.32. The van der Waals surface area contributed by atoms with Gasteiger partial charge in [-0.15, -0.1) is 0 Å². The number of hydrogen-bond donors (Lipinski definition) is 0. The van der Waals surface area contributed by atoms with E-state index in [1.54, 1.807) is 0 Å². The first-order valence-electron chi connectivity index (χ1n) is 8.04. The summed E-state index contributed by atoms with van der Waals surface area (Å²) in [5, 5.41) is 4.92. The summed E-state index contributed by atoms with van der Waals surface area (Å²) in [4.78, 5) is 2.55. The molecule has 0 aliphatic carbocycles. The molecular weight excluding hydrogens is 296 g/mol. The molecule has 3 nitrogen and oxygen atoms in total. The van der Waals surface area contributed by atoms with Gasteiger partial charge in [0, 0.05) is 29.1 Å². The monoisotopic (exact) mass is 316 g/mol. The summed E-state index contributed by atoms with van der Waals surface area (Å²) < 4.78 is 5.68. The summed E-state index contributed by atoms with van der Waals surface area (Å²) in [5.41, 5.74) is 2.33. The molecule has 2 aromatic rings. The third-order valence-corrected chi connectivity index (χ3v) is 5.79. The average Bonchev–Trinajstić information content (AvgIpc) is 3.02. The zero-order valence-corrected chi connectivity index (χ0v) is 13.8. The number of aryl methyl sites for hydroxylation is 1. The van der Waals surface area contributed by atoms with Crippen LogP contribution in [-0.4, -0.2) is 29.2 Å². The molecule has 2 fully saturated rings. The minimum absolute atomic E-state index is 0.381. The van der Waals surface area contributed by atoms with Crippen molar-refractivity contribution in [3.63, 3.8) is 0 Å². The Morgan fingerprint density at radius 2 is 2.00 bits per heavy atom. The Bertz CT molecular complexity index is 666. The van der Waals surface area contributed by atoms with Gasteiger partial charge < -0.3 is 4.52 Å². The molecule has 22 heavy (non-hydrogen) atoms. The van der Waals surface area contributed by atoms with Crippen molar-refractivity contribution in [2.45, 2.75) is 50.1 Å². The molecule has 2 bridgehead atoms. The van der Waals surface area contributed by atoms with E-state index in [1.165, 1.54) is 24.8 Å². The second-order valence-corrected chi connectivity index (χ2v) is 7.19. The maximum atomic E-state index is 6.06. The van der Waals surface area contributed by atoms with E-state index in [2.05, 4.69) is 35.3 Å². The van der Waals surface area contributed by atoms with Crippen LogP contribution in [0.25, 0.3) is 0 Å². The number of rotatable bonds is 2. The summed E-state index contributed by atoms with van der Waals surface area (Å²) in [6, 6.07) is 11.7. The zero-order chi connectivity index (χ0) is 15.3. The predicted molar refractivity (Wildman–Crippen MR) is 87.4 cm³/mol. The van der Waals surface area contributed by atoms with E-state index in [9.17, 15) is 0 Å². The van der Waals surface area contributed by atoms with Gasteiger partial charge in [0.25, 0.3) is 0 Å². The molecule has 3 unspecified atom stereocenters. The quantitative estimate of drug-likeness (QED) is 0.824. The molecule has 0 radical (unpaired) electrons. The molecule has 2 aliphatic rings. The highest BCUT2D eigenvalue weighted by atomic mass is 35.5. The molecule has 2 aliphatic heterocycles. The molecule has 4 atom stereocenters. The maximum absolute atomic E-state index is 6.06. The molecule has 0 spiro atoms. The molecule has 0 amide bonds. The lowest BCUT2D eigenvalue weighted by Crippen LogP contribution is -2.44. The van der Waals surface area contributed by atoms with Crippen LogP contribution < -0.4 is 0 Å². The maximum Gasteiger partial charge on any atom is 0.142 e. The molecule has 4 rings (SSSR count). The second kappa shape index (κ2) is 5.39. The van der Waals surface area contributed by atoms with Gasteiger partial charge >= 0.3 is 0 Å². The molecule has 2 saturated heterocycles. The van der Waals surface area contributed by atoms with E-state index in [1.807, 2.05) is 19.1 Å². The summed E-state index contributed by atoms with van der Waals surface area (Å²) in [5.74, 6) is 1.90. The molecular formula is C18H21ClN2O. The van der Waals surface area contributed by atoms with Gasteiger partial charge in [0.2, 0.25) is 0 Å². The van der Waals surface area contributed by atoms with Crippen LogP contribution >= 0.6 is 11.6 Å². The average molecular weight is 317 g/mol. The van der Waals surface area contributed by atoms with Gasteiger partial charge in [-0.2, -0.15) is 0 Å². The first kappa shape index (κ1) is 14.3. The standard InChI is InChI=1S/C18H21ClN2O/c1-11-9-17(22-20-11)18-15(12-3-5-13(19)6-4-12)10-14-7-8-16(18)21(14)2/h3-6,9,14-16,18H,7-8,10H2,1-2H3/t14?,15-,16?,18?/m1/s1. The summed E-state index contributed by atoms with van der Waals surface area (Å²) in [6.45, 7) is 1.99.